The van der Waals surface area contributed by atoms with Gasteiger partial charge in [-0.1, -0.05) is 17.7 Å². The van der Waals surface area contributed by atoms with Crippen molar-refractivity contribution in [3.63, 3.8) is 0 Å². The smallest absolute Gasteiger partial charge is 0.417 e. The van der Waals surface area contributed by atoms with Gasteiger partial charge in [-0.15, -0.1) is 5.10 Å². The highest BCUT2D eigenvalue weighted by Gasteiger charge is 2.39. The summed E-state index contributed by atoms with van der Waals surface area (Å²) in [6.45, 7) is 1.81. The number of carbonyl (C=O) groups excluding carboxylic acids is 1. The van der Waals surface area contributed by atoms with E-state index in [0.29, 0.717) is 0 Å². The van der Waals surface area contributed by atoms with E-state index in [9.17, 15) is 26.7 Å². The van der Waals surface area contributed by atoms with Crippen LogP contribution in [0, 0.1) is 11.6 Å². The molecule has 176 valence electrons. The Labute approximate surface area is 193 Å². The van der Waals surface area contributed by atoms with Gasteiger partial charge in [0.2, 0.25) is 0 Å². The van der Waals surface area contributed by atoms with Crippen LogP contribution in [0.4, 0.5) is 32.7 Å². The summed E-state index contributed by atoms with van der Waals surface area (Å²) in [5.74, 6) is -1.99. The number of hydrogen-bond acceptors (Lipinski definition) is 5. The van der Waals surface area contributed by atoms with Gasteiger partial charge in [0.1, 0.15) is 24.3 Å². The molecule has 7 nitrogen and oxygen atoms in total. The molecule has 0 N–H and O–H groups in total. The lowest BCUT2D eigenvalue weighted by Gasteiger charge is -2.18. The number of cyclic esters (lactones) is 1. The van der Waals surface area contributed by atoms with E-state index in [1.165, 1.54) is 11.6 Å². The van der Waals surface area contributed by atoms with Gasteiger partial charge in [-0.25, -0.2) is 23.2 Å². The monoisotopic (exact) mass is 497 g/mol. The number of benzene rings is 2. The third kappa shape index (κ3) is 3.40. The summed E-state index contributed by atoms with van der Waals surface area (Å²) in [5.41, 5.74) is -2.66. The van der Waals surface area contributed by atoms with Gasteiger partial charge in [0.05, 0.1) is 34.1 Å². The van der Waals surface area contributed by atoms with E-state index >= 15 is 0 Å². The molecule has 1 aromatic heterocycles. The molecule has 1 saturated heterocycles. The fourth-order valence-electron chi connectivity index (χ4n) is 3.87. The Morgan fingerprint density at radius 2 is 1.82 bits per heavy atom. The molecule has 2 aliphatic heterocycles. The van der Waals surface area contributed by atoms with Gasteiger partial charge < -0.3 is 4.74 Å². The predicted octanol–water partition coefficient (Wildman–Crippen LogP) is 5.09. The van der Waals surface area contributed by atoms with Crippen molar-refractivity contribution < 1.29 is 31.5 Å². The average Bonchev–Trinajstić information content (AvgIpc) is 3.35. The van der Waals surface area contributed by atoms with Crippen LogP contribution in [0.3, 0.4) is 0 Å². The number of fused-ring (bicyclic) bond motifs is 3. The van der Waals surface area contributed by atoms with E-state index in [1.807, 2.05) is 0 Å². The third-order valence-electron chi connectivity index (χ3n) is 5.41. The minimum atomic E-state index is -4.85. The van der Waals surface area contributed by atoms with Crippen molar-refractivity contribution in [3.05, 3.63) is 69.5 Å². The second-order valence-electron chi connectivity index (χ2n) is 7.52. The number of aliphatic imine (C=N–C) groups is 1. The van der Waals surface area contributed by atoms with Crippen LogP contribution in [0.2, 0.25) is 5.02 Å². The lowest BCUT2D eigenvalue weighted by molar-refractivity contribution is -0.137. The summed E-state index contributed by atoms with van der Waals surface area (Å²) in [4.78, 5) is 21.7. The number of nitrogens with zero attached hydrogens (tertiary/aromatic N) is 5. The fraction of sp³-hybridized carbons (Fsp3) is 0.238. The highest BCUT2D eigenvalue weighted by molar-refractivity contribution is 6.37. The maximum atomic E-state index is 14.7. The molecule has 0 bridgehead atoms. The average molecular weight is 498 g/mol. The number of alkyl halides is 3. The summed E-state index contributed by atoms with van der Waals surface area (Å²) in [6.07, 6.45) is -5.53. The Morgan fingerprint density at radius 3 is 2.44 bits per heavy atom. The molecule has 0 unspecified atom stereocenters. The van der Waals surface area contributed by atoms with Crippen LogP contribution < -0.4 is 4.90 Å². The largest absolute Gasteiger partial charge is 0.447 e. The van der Waals surface area contributed by atoms with Crippen LogP contribution in [0.1, 0.15) is 35.5 Å². The van der Waals surface area contributed by atoms with Crippen LogP contribution in [0.25, 0.3) is 5.69 Å². The molecule has 0 radical (unpaired) electrons. The zero-order chi connectivity index (χ0) is 24.4. The van der Waals surface area contributed by atoms with Gasteiger partial charge in [-0.05, 0) is 31.2 Å². The van der Waals surface area contributed by atoms with Crippen LogP contribution >= 0.6 is 11.6 Å². The molecule has 0 spiro atoms. The number of rotatable bonds is 2. The van der Waals surface area contributed by atoms with Crippen molar-refractivity contribution in [2.45, 2.75) is 19.1 Å². The van der Waals surface area contributed by atoms with Crippen LogP contribution in [-0.4, -0.2) is 39.7 Å². The van der Waals surface area contributed by atoms with Gasteiger partial charge in [-0.3, -0.25) is 4.99 Å². The Balaban J connectivity index is 1.82. The number of ether oxygens (including phenoxy) is 1. The molecular formula is C21H13ClF5N5O2. The molecule has 34 heavy (non-hydrogen) atoms. The standard InChI is InChI=1S/C21H13ClF5N5O2/c1-9-18-29-19(31-7-8-34-20(31)33)30-32(18)13-6-5-10(21(25,26)27)16(22)15(13)17(28-9)14-11(23)3-2-4-12(14)24/h2-6,9H,7-8H2,1H3/t9-/m0/s1. The molecular weight excluding hydrogens is 485 g/mol. The van der Waals surface area contributed by atoms with E-state index in [2.05, 4.69) is 15.1 Å². The maximum absolute atomic E-state index is 14.7. The summed E-state index contributed by atoms with van der Waals surface area (Å²) < 4.78 is 76.5. The summed E-state index contributed by atoms with van der Waals surface area (Å²) >= 11 is 6.21. The molecule has 13 heteroatoms. The lowest BCUT2D eigenvalue weighted by Crippen LogP contribution is -2.24. The first-order chi connectivity index (χ1) is 16.1. The zero-order valence-electron chi connectivity index (χ0n) is 17.2. The van der Waals surface area contributed by atoms with Crippen molar-refractivity contribution in [3.8, 4) is 5.69 Å². The number of halogens is 6. The molecule has 0 aliphatic carbocycles. The third-order valence-corrected chi connectivity index (χ3v) is 5.80. The highest BCUT2D eigenvalue weighted by atomic mass is 35.5. The molecule has 3 heterocycles. The lowest BCUT2D eigenvalue weighted by atomic mass is 9.97. The van der Waals surface area contributed by atoms with E-state index in [4.69, 9.17) is 16.3 Å². The maximum Gasteiger partial charge on any atom is 0.417 e. The van der Waals surface area contributed by atoms with Crippen LogP contribution in [0.15, 0.2) is 35.3 Å². The SMILES string of the molecule is C[C@@H]1N=C(c2c(F)cccc2F)c2c(ccc(C(F)(F)F)c2Cl)-n2nc(N3CCOC3=O)nc21. The molecule has 2 aromatic carbocycles. The Bertz CT molecular complexity index is 1350. The topological polar surface area (TPSA) is 72.6 Å². The van der Waals surface area contributed by atoms with E-state index in [1.54, 1.807) is 0 Å². The first kappa shape index (κ1) is 22.3. The van der Waals surface area contributed by atoms with Gasteiger partial charge in [0.15, 0.2) is 5.82 Å². The number of amides is 1. The number of carbonyl (C=O) groups is 1. The Kier molecular flexibility index (Phi) is 5.08. The summed E-state index contributed by atoms with van der Waals surface area (Å²) in [5, 5.41) is 3.47. The van der Waals surface area contributed by atoms with Crippen molar-refractivity contribution in [2.75, 3.05) is 18.1 Å². The fourth-order valence-corrected chi connectivity index (χ4v) is 4.22. The quantitative estimate of drug-likeness (QED) is 0.463. The molecule has 1 amide bonds. The highest BCUT2D eigenvalue weighted by Crippen LogP contribution is 2.42. The summed E-state index contributed by atoms with van der Waals surface area (Å²) in [6, 6.07) is 3.93. The minimum absolute atomic E-state index is 0.0370. The molecule has 3 aromatic rings. The molecule has 1 fully saturated rings. The first-order valence-corrected chi connectivity index (χ1v) is 10.3. The molecule has 1 atom stereocenters. The van der Waals surface area contributed by atoms with Crippen LogP contribution in [0.5, 0.6) is 0 Å². The Morgan fingerprint density at radius 1 is 1.12 bits per heavy atom. The van der Waals surface area contributed by atoms with Crippen molar-refractivity contribution in [1.29, 1.82) is 0 Å². The Hall–Kier alpha value is -3.54. The molecule has 0 saturated carbocycles. The molecule has 2 aliphatic rings. The predicted molar refractivity (Wildman–Crippen MR) is 110 cm³/mol. The number of anilines is 1. The van der Waals surface area contributed by atoms with E-state index in [0.717, 1.165) is 35.2 Å². The van der Waals surface area contributed by atoms with Gasteiger partial charge in [-0.2, -0.15) is 18.2 Å². The first-order valence-electron chi connectivity index (χ1n) is 9.91. The second kappa shape index (κ2) is 7.76. The van der Waals surface area contributed by atoms with Crippen molar-refractivity contribution in [1.82, 2.24) is 14.8 Å². The van der Waals surface area contributed by atoms with Gasteiger partial charge in [0, 0.05) is 5.56 Å². The zero-order valence-corrected chi connectivity index (χ0v) is 18.0. The van der Waals surface area contributed by atoms with Gasteiger partial charge >= 0.3 is 12.3 Å². The van der Waals surface area contributed by atoms with E-state index < -0.39 is 51.8 Å². The number of hydrogen-bond donors (Lipinski definition) is 0. The second-order valence-corrected chi connectivity index (χ2v) is 7.90. The van der Waals surface area contributed by atoms with Crippen molar-refractivity contribution >= 4 is 29.4 Å². The summed E-state index contributed by atoms with van der Waals surface area (Å²) in [7, 11) is 0. The molecule has 5 rings (SSSR count). The van der Waals surface area contributed by atoms with Crippen LogP contribution in [-0.2, 0) is 10.9 Å². The van der Waals surface area contributed by atoms with Gasteiger partial charge in [0.25, 0.3) is 5.95 Å². The normalized spacial score (nSPS) is 17.7. The van der Waals surface area contributed by atoms with Crippen molar-refractivity contribution in [2.24, 2.45) is 4.99 Å². The number of aromatic nitrogens is 3. The minimum Gasteiger partial charge on any atom is -0.447 e. The van der Waals surface area contributed by atoms with E-state index in [-0.39, 0.29) is 36.2 Å².